The van der Waals surface area contributed by atoms with Gasteiger partial charge in [-0.3, -0.25) is 4.79 Å². The van der Waals surface area contributed by atoms with Gasteiger partial charge in [-0.15, -0.1) is 0 Å². The molecule has 0 aliphatic carbocycles. The van der Waals surface area contributed by atoms with E-state index in [0.717, 1.165) is 17.1 Å². The number of amides is 1. The molecule has 0 atom stereocenters. The Labute approximate surface area is 175 Å². The van der Waals surface area contributed by atoms with Crippen molar-refractivity contribution in [3.63, 3.8) is 0 Å². The predicted molar refractivity (Wildman–Crippen MR) is 114 cm³/mol. The van der Waals surface area contributed by atoms with Gasteiger partial charge >= 0.3 is 5.97 Å². The molecular weight excluding hydrogens is 382 g/mol. The molecule has 1 amide bonds. The maximum Gasteiger partial charge on any atom is 0.338 e. The summed E-state index contributed by atoms with van der Waals surface area (Å²) in [5, 5.41) is 2.67. The van der Waals surface area contributed by atoms with Crippen LogP contribution in [0.1, 0.15) is 22.8 Å². The van der Waals surface area contributed by atoms with Gasteiger partial charge in [0.15, 0.2) is 6.61 Å². The molecule has 0 aromatic heterocycles. The number of nitrogens with one attached hydrogen (secondary N) is 1. The summed E-state index contributed by atoms with van der Waals surface area (Å²) in [5.41, 5.74) is 1.89. The average molecular weight is 405 g/mol. The van der Waals surface area contributed by atoms with Gasteiger partial charge in [0.25, 0.3) is 5.91 Å². The Balaban J connectivity index is 1.44. The maximum absolute atomic E-state index is 12.2. The lowest BCUT2D eigenvalue weighted by Crippen LogP contribution is -2.20. The topological polar surface area (TPSA) is 73.9 Å². The second-order valence-electron chi connectivity index (χ2n) is 6.38. The Morgan fingerprint density at radius 1 is 0.800 bits per heavy atom. The summed E-state index contributed by atoms with van der Waals surface area (Å²) in [7, 11) is 0. The van der Waals surface area contributed by atoms with Gasteiger partial charge in [0.05, 0.1) is 12.2 Å². The fourth-order valence-electron chi connectivity index (χ4n) is 2.63. The molecule has 6 heteroatoms. The monoisotopic (exact) mass is 405 g/mol. The number of para-hydroxylation sites is 1. The van der Waals surface area contributed by atoms with Gasteiger partial charge < -0.3 is 19.5 Å². The zero-order chi connectivity index (χ0) is 21.2. The lowest BCUT2D eigenvalue weighted by molar-refractivity contribution is -0.119. The number of hydrogen-bond acceptors (Lipinski definition) is 5. The first kappa shape index (κ1) is 20.9. The van der Waals surface area contributed by atoms with Crippen molar-refractivity contribution in [1.82, 2.24) is 0 Å². The molecule has 0 aliphatic heterocycles. The molecule has 0 saturated carbocycles. The van der Waals surface area contributed by atoms with Crippen molar-refractivity contribution in [3.8, 4) is 11.5 Å². The van der Waals surface area contributed by atoms with E-state index >= 15 is 0 Å². The summed E-state index contributed by atoms with van der Waals surface area (Å²) in [6.07, 6.45) is 0. The Bertz CT molecular complexity index is 953. The van der Waals surface area contributed by atoms with Crippen molar-refractivity contribution in [3.05, 3.63) is 90.0 Å². The van der Waals surface area contributed by atoms with Crippen LogP contribution in [0.3, 0.4) is 0 Å². The molecule has 3 rings (SSSR count). The quantitative estimate of drug-likeness (QED) is 0.532. The maximum atomic E-state index is 12.2. The summed E-state index contributed by atoms with van der Waals surface area (Å²) in [6, 6.07) is 23.3. The molecule has 3 aromatic rings. The zero-order valence-corrected chi connectivity index (χ0v) is 16.7. The molecule has 3 aromatic carbocycles. The lowest BCUT2D eigenvalue weighted by atomic mass is 10.1. The van der Waals surface area contributed by atoms with Gasteiger partial charge in [0, 0.05) is 5.69 Å². The summed E-state index contributed by atoms with van der Waals surface area (Å²) in [6.45, 7) is 2.49. The normalized spacial score (nSPS) is 10.2. The molecule has 0 unspecified atom stereocenters. The Kier molecular flexibility index (Phi) is 7.44. The second kappa shape index (κ2) is 10.7. The van der Waals surface area contributed by atoms with Crippen molar-refractivity contribution in [1.29, 1.82) is 0 Å². The van der Waals surface area contributed by atoms with Crippen molar-refractivity contribution in [2.45, 2.75) is 13.5 Å². The first-order valence-corrected chi connectivity index (χ1v) is 9.60. The van der Waals surface area contributed by atoms with E-state index in [2.05, 4.69) is 5.32 Å². The van der Waals surface area contributed by atoms with Crippen LogP contribution in [0.5, 0.6) is 11.5 Å². The van der Waals surface area contributed by atoms with Gasteiger partial charge in [-0.05, 0) is 61.0 Å². The third-order valence-corrected chi connectivity index (χ3v) is 4.12. The van der Waals surface area contributed by atoms with E-state index in [1.165, 1.54) is 0 Å². The zero-order valence-electron chi connectivity index (χ0n) is 16.7. The van der Waals surface area contributed by atoms with Gasteiger partial charge in [-0.1, -0.05) is 30.3 Å². The van der Waals surface area contributed by atoms with E-state index in [9.17, 15) is 9.59 Å². The van der Waals surface area contributed by atoms with Crippen LogP contribution >= 0.6 is 0 Å². The minimum atomic E-state index is -0.563. The largest absolute Gasteiger partial charge is 0.494 e. The Morgan fingerprint density at radius 2 is 1.47 bits per heavy atom. The van der Waals surface area contributed by atoms with Gasteiger partial charge in [0.2, 0.25) is 0 Å². The van der Waals surface area contributed by atoms with Gasteiger partial charge in [0.1, 0.15) is 18.1 Å². The van der Waals surface area contributed by atoms with E-state index in [-0.39, 0.29) is 6.61 Å². The van der Waals surface area contributed by atoms with E-state index in [0.29, 0.717) is 24.5 Å². The van der Waals surface area contributed by atoms with Crippen LogP contribution in [0.15, 0.2) is 78.9 Å². The SMILES string of the molecule is CCOc1ccc(NC(=O)COC(=O)c2ccc(COc3ccccc3)cc2)cc1. The highest BCUT2D eigenvalue weighted by atomic mass is 16.5. The van der Waals surface area contributed by atoms with Crippen LogP contribution in [0.4, 0.5) is 5.69 Å². The molecule has 0 saturated heterocycles. The molecular formula is C24H23NO5. The fourth-order valence-corrected chi connectivity index (χ4v) is 2.63. The Hall–Kier alpha value is -3.80. The lowest BCUT2D eigenvalue weighted by Gasteiger charge is -2.09. The molecule has 154 valence electrons. The van der Waals surface area contributed by atoms with Crippen LogP contribution in [0, 0.1) is 0 Å². The van der Waals surface area contributed by atoms with E-state index in [4.69, 9.17) is 14.2 Å². The molecule has 0 spiro atoms. The summed E-state index contributed by atoms with van der Waals surface area (Å²) in [4.78, 5) is 24.2. The van der Waals surface area contributed by atoms with Crippen LogP contribution in [-0.2, 0) is 16.1 Å². The summed E-state index contributed by atoms with van der Waals surface area (Å²) in [5.74, 6) is 0.520. The molecule has 1 N–H and O–H groups in total. The number of hydrogen-bond donors (Lipinski definition) is 1. The van der Waals surface area contributed by atoms with Crippen molar-refractivity contribution < 1.29 is 23.8 Å². The number of benzene rings is 3. The molecule has 0 aliphatic rings. The van der Waals surface area contributed by atoms with Crippen LogP contribution in [0.25, 0.3) is 0 Å². The van der Waals surface area contributed by atoms with Crippen molar-refractivity contribution >= 4 is 17.6 Å². The molecule has 0 radical (unpaired) electrons. The van der Waals surface area contributed by atoms with Crippen molar-refractivity contribution in [2.24, 2.45) is 0 Å². The molecule has 6 nitrogen and oxygen atoms in total. The number of carbonyl (C=O) groups is 2. The smallest absolute Gasteiger partial charge is 0.338 e. The van der Waals surface area contributed by atoms with Crippen LogP contribution in [0.2, 0.25) is 0 Å². The highest BCUT2D eigenvalue weighted by Crippen LogP contribution is 2.16. The van der Waals surface area contributed by atoms with Gasteiger partial charge in [-0.2, -0.15) is 0 Å². The molecule has 0 heterocycles. The van der Waals surface area contributed by atoms with Crippen LogP contribution in [-0.4, -0.2) is 25.1 Å². The van der Waals surface area contributed by atoms with E-state index in [1.54, 1.807) is 48.5 Å². The fraction of sp³-hybridized carbons (Fsp3) is 0.167. The minimum Gasteiger partial charge on any atom is -0.494 e. The standard InChI is InChI=1S/C24H23NO5/c1-2-28-22-14-12-20(13-15-22)25-23(26)17-30-24(27)19-10-8-18(9-11-19)16-29-21-6-4-3-5-7-21/h3-15H,2,16-17H2,1H3,(H,25,26). The van der Waals surface area contributed by atoms with E-state index in [1.807, 2.05) is 37.3 Å². The van der Waals surface area contributed by atoms with Gasteiger partial charge in [-0.25, -0.2) is 4.79 Å². The highest BCUT2D eigenvalue weighted by molar-refractivity contribution is 5.95. The van der Waals surface area contributed by atoms with Crippen LogP contribution < -0.4 is 14.8 Å². The highest BCUT2D eigenvalue weighted by Gasteiger charge is 2.11. The second-order valence-corrected chi connectivity index (χ2v) is 6.38. The number of rotatable bonds is 9. The molecule has 30 heavy (non-hydrogen) atoms. The number of esters is 1. The molecule has 0 bridgehead atoms. The summed E-state index contributed by atoms with van der Waals surface area (Å²) >= 11 is 0. The predicted octanol–water partition coefficient (Wildman–Crippen LogP) is 4.46. The number of carbonyl (C=O) groups excluding carboxylic acids is 2. The number of ether oxygens (including phenoxy) is 3. The first-order valence-electron chi connectivity index (χ1n) is 9.60. The minimum absolute atomic E-state index is 0.368. The first-order chi connectivity index (χ1) is 14.6. The Morgan fingerprint density at radius 3 is 2.13 bits per heavy atom. The van der Waals surface area contributed by atoms with Crippen molar-refractivity contribution in [2.75, 3.05) is 18.5 Å². The third kappa shape index (κ3) is 6.38. The summed E-state index contributed by atoms with van der Waals surface area (Å²) < 4.78 is 16.1. The third-order valence-electron chi connectivity index (χ3n) is 4.12. The average Bonchev–Trinajstić information content (AvgIpc) is 2.78. The number of anilines is 1. The van der Waals surface area contributed by atoms with E-state index < -0.39 is 11.9 Å². The molecule has 0 fully saturated rings.